The molecule has 0 unspecified atom stereocenters. The molecule has 9 nitrogen and oxygen atoms in total. The SMILES string of the molecule is COc1ccc(Cn2cncc2/C=N/NC(N)=S)cc1[N+](=O)[O-]. The van der Waals surface area contributed by atoms with Crippen LogP contribution in [0.3, 0.4) is 0 Å². The summed E-state index contributed by atoms with van der Waals surface area (Å²) in [5.41, 5.74) is 9.05. The molecule has 1 aromatic carbocycles. The van der Waals surface area contributed by atoms with E-state index in [1.807, 2.05) is 0 Å². The molecule has 3 N–H and O–H groups in total. The molecule has 0 amide bonds. The van der Waals surface area contributed by atoms with Crippen molar-refractivity contribution in [2.45, 2.75) is 6.54 Å². The average molecular weight is 334 g/mol. The number of rotatable bonds is 6. The Morgan fingerprint density at radius 2 is 2.43 bits per heavy atom. The standard InChI is InChI=1S/C13H14N6O3S/c1-22-12-3-2-9(4-11(12)19(20)21)7-18-8-15-5-10(18)6-16-17-13(14)23/h2-6,8H,7H2,1H3,(H3,14,17,23)/b16-6+. The van der Waals surface area contributed by atoms with E-state index in [0.717, 1.165) is 5.56 Å². The Kier molecular flexibility index (Phi) is 5.20. The van der Waals surface area contributed by atoms with Crippen LogP contribution < -0.4 is 15.9 Å². The maximum Gasteiger partial charge on any atom is 0.311 e. The molecule has 0 atom stereocenters. The minimum atomic E-state index is -0.481. The molecule has 0 aliphatic rings. The van der Waals surface area contributed by atoms with Gasteiger partial charge < -0.3 is 15.0 Å². The maximum absolute atomic E-state index is 11.1. The van der Waals surface area contributed by atoms with Crippen molar-refractivity contribution in [1.29, 1.82) is 0 Å². The third kappa shape index (κ3) is 4.23. The van der Waals surface area contributed by atoms with Gasteiger partial charge in [-0.05, 0) is 23.8 Å². The number of imidazole rings is 1. The second-order valence-corrected chi connectivity index (χ2v) is 4.88. The fourth-order valence-electron chi connectivity index (χ4n) is 1.91. The van der Waals surface area contributed by atoms with Crippen molar-refractivity contribution in [2.24, 2.45) is 10.8 Å². The molecule has 0 spiro atoms. The summed E-state index contributed by atoms with van der Waals surface area (Å²) < 4.78 is 6.76. The highest BCUT2D eigenvalue weighted by molar-refractivity contribution is 7.80. The van der Waals surface area contributed by atoms with Crippen molar-refractivity contribution < 1.29 is 9.66 Å². The number of nitrogens with one attached hydrogen (secondary N) is 1. The Bertz CT molecular complexity index is 758. The lowest BCUT2D eigenvalue weighted by Gasteiger charge is -2.07. The highest BCUT2D eigenvalue weighted by Crippen LogP contribution is 2.27. The first-order chi connectivity index (χ1) is 11.0. The molecule has 10 heteroatoms. The van der Waals surface area contributed by atoms with Crippen LogP contribution >= 0.6 is 12.2 Å². The molecule has 0 fully saturated rings. The zero-order valence-electron chi connectivity index (χ0n) is 12.2. The smallest absolute Gasteiger partial charge is 0.311 e. The Morgan fingerprint density at radius 3 is 3.09 bits per heavy atom. The van der Waals surface area contributed by atoms with Gasteiger partial charge in [0.25, 0.3) is 0 Å². The summed E-state index contributed by atoms with van der Waals surface area (Å²) in [5, 5.41) is 15.0. The Morgan fingerprint density at radius 1 is 1.65 bits per heavy atom. The number of methoxy groups -OCH3 is 1. The van der Waals surface area contributed by atoms with Crippen molar-refractivity contribution in [3.8, 4) is 5.75 Å². The maximum atomic E-state index is 11.1. The van der Waals surface area contributed by atoms with E-state index in [1.165, 1.54) is 19.4 Å². The molecule has 120 valence electrons. The first-order valence-electron chi connectivity index (χ1n) is 6.41. The predicted molar refractivity (Wildman–Crippen MR) is 88.5 cm³/mol. The zero-order valence-corrected chi connectivity index (χ0v) is 13.0. The monoisotopic (exact) mass is 334 g/mol. The molecule has 0 saturated carbocycles. The Labute approximate surface area is 136 Å². The van der Waals surface area contributed by atoms with Gasteiger partial charge in [0.05, 0.1) is 36.5 Å². The Balaban J connectivity index is 2.22. The van der Waals surface area contributed by atoms with Gasteiger partial charge in [-0.25, -0.2) is 4.98 Å². The number of hydrogen-bond donors (Lipinski definition) is 2. The molecule has 23 heavy (non-hydrogen) atoms. The van der Waals surface area contributed by atoms with E-state index in [9.17, 15) is 10.1 Å². The molecule has 0 aliphatic carbocycles. The summed E-state index contributed by atoms with van der Waals surface area (Å²) in [6.45, 7) is 0.388. The van der Waals surface area contributed by atoms with Crippen LogP contribution in [0.25, 0.3) is 0 Å². The van der Waals surface area contributed by atoms with E-state index >= 15 is 0 Å². The topological polar surface area (TPSA) is 121 Å². The van der Waals surface area contributed by atoms with Gasteiger partial charge in [0, 0.05) is 12.6 Å². The number of ether oxygens (including phenoxy) is 1. The number of nitro benzene ring substituents is 1. The molecule has 0 aliphatic heterocycles. The summed E-state index contributed by atoms with van der Waals surface area (Å²) >= 11 is 4.65. The van der Waals surface area contributed by atoms with Crippen LogP contribution in [0.2, 0.25) is 0 Å². The fourth-order valence-corrected chi connectivity index (χ4v) is 1.96. The lowest BCUT2D eigenvalue weighted by atomic mass is 10.2. The number of benzene rings is 1. The zero-order chi connectivity index (χ0) is 16.8. The molecule has 2 rings (SSSR count). The lowest BCUT2D eigenvalue weighted by Crippen LogP contribution is -2.24. The average Bonchev–Trinajstić information content (AvgIpc) is 2.94. The van der Waals surface area contributed by atoms with Crippen molar-refractivity contribution in [2.75, 3.05) is 7.11 Å². The van der Waals surface area contributed by atoms with Gasteiger partial charge in [-0.2, -0.15) is 5.10 Å². The number of hydrogen-bond acceptors (Lipinski definition) is 6. The van der Waals surface area contributed by atoms with Crippen molar-refractivity contribution >= 4 is 29.2 Å². The van der Waals surface area contributed by atoms with E-state index in [4.69, 9.17) is 10.5 Å². The first-order valence-corrected chi connectivity index (χ1v) is 6.82. The van der Waals surface area contributed by atoms with Crippen LogP contribution in [0, 0.1) is 10.1 Å². The van der Waals surface area contributed by atoms with E-state index < -0.39 is 4.92 Å². The molecule has 1 heterocycles. The van der Waals surface area contributed by atoms with Crippen LogP contribution in [-0.2, 0) is 6.54 Å². The van der Waals surface area contributed by atoms with Crippen LogP contribution in [0.15, 0.2) is 35.8 Å². The number of nitrogens with two attached hydrogens (primary N) is 1. The normalized spacial score (nSPS) is 10.7. The van der Waals surface area contributed by atoms with Gasteiger partial charge in [0.1, 0.15) is 0 Å². The van der Waals surface area contributed by atoms with Crippen molar-refractivity contribution in [1.82, 2.24) is 15.0 Å². The summed E-state index contributed by atoms with van der Waals surface area (Å²) in [4.78, 5) is 14.6. The van der Waals surface area contributed by atoms with Gasteiger partial charge in [0.15, 0.2) is 10.9 Å². The third-order valence-electron chi connectivity index (χ3n) is 2.91. The minimum absolute atomic E-state index is 0.0538. The second kappa shape index (κ2) is 7.31. The summed E-state index contributed by atoms with van der Waals surface area (Å²) in [6, 6.07) is 4.78. The molecular weight excluding hydrogens is 320 g/mol. The number of hydrazone groups is 1. The number of aromatic nitrogens is 2. The second-order valence-electron chi connectivity index (χ2n) is 4.44. The largest absolute Gasteiger partial charge is 0.490 e. The number of thiocarbonyl (C=S) groups is 1. The molecule has 0 bridgehead atoms. The lowest BCUT2D eigenvalue weighted by molar-refractivity contribution is -0.385. The van der Waals surface area contributed by atoms with Gasteiger partial charge in [-0.15, -0.1) is 0 Å². The highest BCUT2D eigenvalue weighted by Gasteiger charge is 2.15. The summed E-state index contributed by atoms with van der Waals surface area (Å²) in [7, 11) is 1.39. The van der Waals surface area contributed by atoms with Crippen LogP contribution in [0.1, 0.15) is 11.3 Å². The van der Waals surface area contributed by atoms with Crippen LogP contribution in [-0.4, -0.2) is 32.9 Å². The first kappa shape index (κ1) is 16.4. The molecule has 0 radical (unpaired) electrons. The van der Waals surface area contributed by atoms with E-state index in [-0.39, 0.29) is 16.5 Å². The highest BCUT2D eigenvalue weighted by atomic mass is 32.1. The quantitative estimate of drug-likeness (QED) is 0.350. The molecule has 0 saturated heterocycles. The predicted octanol–water partition coefficient (Wildman–Crippen LogP) is 1.02. The number of nitro groups is 1. The van der Waals surface area contributed by atoms with Gasteiger partial charge in [0.2, 0.25) is 0 Å². The molecular formula is C13H14N6O3S. The fraction of sp³-hybridized carbons (Fsp3) is 0.154. The number of nitrogens with zero attached hydrogens (tertiary/aromatic N) is 4. The van der Waals surface area contributed by atoms with E-state index in [2.05, 4.69) is 27.7 Å². The van der Waals surface area contributed by atoms with Gasteiger partial charge >= 0.3 is 5.69 Å². The Hall–Kier alpha value is -3.01. The minimum Gasteiger partial charge on any atom is -0.490 e. The summed E-state index contributed by atoms with van der Waals surface area (Å²) in [6.07, 6.45) is 4.70. The van der Waals surface area contributed by atoms with E-state index in [0.29, 0.717) is 12.2 Å². The van der Waals surface area contributed by atoms with Crippen LogP contribution in [0.4, 0.5) is 5.69 Å². The van der Waals surface area contributed by atoms with Crippen molar-refractivity contribution in [3.05, 3.63) is 52.1 Å². The van der Waals surface area contributed by atoms with Gasteiger partial charge in [-0.1, -0.05) is 6.07 Å². The molecule has 1 aromatic heterocycles. The molecule has 2 aromatic rings. The van der Waals surface area contributed by atoms with Crippen LogP contribution in [0.5, 0.6) is 5.75 Å². The van der Waals surface area contributed by atoms with Gasteiger partial charge in [-0.3, -0.25) is 15.5 Å². The third-order valence-corrected chi connectivity index (χ3v) is 3.00. The van der Waals surface area contributed by atoms with E-state index in [1.54, 1.807) is 29.2 Å². The van der Waals surface area contributed by atoms with Crippen molar-refractivity contribution in [3.63, 3.8) is 0 Å². The summed E-state index contributed by atoms with van der Waals surface area (Å²) in [5.74, 6) is 0.215.